The van der Waals surface area contributed by atoms with E-state index in [1.807, 2.05) is 0 Å². The number of benzene rings is 2. The lowest BCUT2D eigenvalue weighted by Gasteiger charge is -2.12. The summed E-state index contributed by atoms with van der Waals surface area (Å²) in [6.07, 6.45) is 0. The first-order chi connectivity index (χ1) is 11.6. The first-order valence-electron chi connectivity index (χ1n) is 6.64. The van der Waals surface area contributed by atoms with Crippen LogP contribution < -0.4 is 4.74 Å². The Morgan fingerprint density at radius 2 is 1.96 bits per heavy atom. The molecule has 1 N–H and O–H groups in total. The highest BCUT2D eigenvalue weighted by Gasteiger charge is 2.30. The number of hydrogen-bond donors (Lipinski definition) is 1. The van der Waals surface area contributed by atoms with Gasteiger partial charge < -0.3 is 9.84 Å². The quantitative estimate of drug-likeness (QED) is 0.499. The van der Waals surface area contributed by atoms with Crippen LogP contribution in [0.3, 0.4) is 0 Å². The Kier molecular flexibility index (Phi) is 4.62. The van der Waals surface area contributed by atoms with Crippen LogP contribution >= 0.6 is 0 Å². The molecule has 0 saturated carbocycles. The van der Waals surface area contributed by atoms with Crippen molar-refractivity contribution in [1.29, 1.82) is 5.26 Å². The molecular weight excluding hydrogens is 355 g/mol. The Morgan fingerprint density at radius 3 is 2.48 bits per heavy atom. The van der Waals surface area contributed by atoms with Crippen LogP contribution in [0.1, 0.15) is 11.1 Å². The molecule has 0 amide bonds. The van der Waals surface area contributed by atoms with Crippen molar-refractivity contribution in [2.75, 3.05) is 7.11 Å². The van der Waals surface area contributed by atoms with Gasteiger partial charge in [-0.05, 0) is 24.6 Å². The topological polar surface area (TPSA) is 131 Å². The summed E-state index contributed by atoms with van der Waals surface area (Å²) in [6, 6.07) is 4.82. The number of halogens is 1. The summed E-state index contributed by atoms with van der Waals surface area (Å²) in [7, 11) is -3.32. The second-order valence-electron chi connectivity index (χ2n) is 4.96. The third-order valence-electron chi connectivity index (χ3n) is 3.38. The third-order valence-corrected chi connectivity index (χ3v) is 5.32. The van der Waals surface area contributed by atoms with Crippen molar-refractivity contribution in [3.8, 4) is 17.6 Å². The van der Waals surface area contributed by atoms with E-state index in [1.54, 1.807) is 6.07 Å². The molecule has 0 atom stereocenters. The van der Waals surface area contributed by atoms with Gasteiger partial charge in [-0.1, -0.05) is 0 Å². The van der Waals surface area contributed by atoms with Crippen molar-refractivity contribution in [3.05, 3.63) is 51.3 Å². The number of phenolic OH excluding ortho intramolecular Hbond substituents is 1. The molecule has 0 bridgehead atoms. The molecule has 8 nitrogen and oxygen atoms in total. The lowest BCUT2D eigenvalue weighted by Crippen LogP contribution is -2.08. The lowest BCUT2D eigenvalue weighted by molar-refractivity contribution is -0.386. The summed E-state index contributed by atoms with van der Waals surface area (Å²) in [5.41, 5.74) is -1.35. The second kappa shape index (κ2) is 6.37. The molecule has 2 rings (SSSR count). The molecule has 0 aliphatic rings. The number of nitriles is 1. The van der Waals surface area contributed by atoms with E-state index in [9.17, 15) is 28.0 Å². The predicted octanol–water partition coefficient (Wildman–Crippen LogP) is 2.46. The SMILES string of the molecule is COc1cc(S(=O)(=O)c2c(C)cc(F)cc2C#N)cc([N+](=O)[O-])c1O. The molecule has 0 spiro atoms. The fourth-order valence-corrected chi connectivity index (χ4v) is 3.95. The molecule has 2 aromatic carbocycles. The number of rotatable bonds is 4. The average Bonchev–Trinajstić information content (AvgIpc) is 2.53. The number of phenols is 1. The number of aryl methyl sites for hydroxylation is 1. The molecule has 0 fully saturated rings. The van der Waals surface area contributed by atoms with E-state index in [4.69, 9.17) is 10.00 Å². The molecule has 25 heavy (non-hydrogen) atoms. The molecule has 2 aromatic rings. The van der Waals surface area contributed by atoms with Crippen molar-refractivity contribution in [3.63, 3.8) is 0 Å². The zero-order valence-corrected chi connectivity index (χ0v) is 13.8. The lowest BCUT2D eigenvalue weighted by atomic mass is 10.1. The number of sulfone groups is 1. The van der Waals surface area contributed by atoms with Gasteiger partial charge in [-0.2, -0.15) is 5.26 Å². The van der Waals surface area contributed by atoms with E-state index >= 15 is 0 Å². The zero-order valence-electron chi connectivity index (χ0n) is 13.0. The summed E-state index contributed by atoms with van der Waals surface area (Å²) in [5, 5.41) is 29.9. The van der Waals surface area contributed by atoms with Crippen molar-refractivity contribution >= 4 is 15.5 Å². The van der Waals surface area contributed by atoms with E-state index in [2.05, 4.69) is 0 Å². The van der Waals surface area contributed by atoms with Crippen molar-refractivity contribution in [2.45, 2.75) is 16.7 Å². The molecule has 0 heterocycles. The number of hydrogen-bond acceptors (Lipinski definition) is 7. The van der Waals surface area contributed by atoms with Gasteiger partial charge in [0.15, 0.2) is 5.75 Å². The normalized spacial score (nSPS) is 11.0. The molecule has 0 radical (unpaired) electrons. The molecule has 0 aliphatic carbocycles. The van der Waals surface area contributed by atoms with Crippen molar-refractivity contribution in [1.82, 2.24) is 0 Å². The molecule has 0 unspecified atom stereocenters. The van der Waals surface area contributed by atoms with E-state index in [-0.39, 0.29) is 5.56 Å². The minimum absolute atomic E-state index is 0.0359. The molecular formula is C15H11FN2O6S. The minimum atomic E-state index is -4.42. The van der Waals surface area contributed by atoms with Crippen LogP contribution in [0.4, 0.5) is 10.1 Å². The zero-order chi connectivity index (χ0) is 18.9. The number of nitro benzene ring substituents is 1. The Bertz CT molecular complexity index is 1030. The smallest absolute Gasteiger partial charge is 0.315 e. The van der Waals surface area contributed by atoms with Gasteiger partial charge in [-0.15, -0.1) is 0 Å². The third kappa shape index (κ3) is 3.09. The second-order valence-corrected chi connectivity index (χ2v) is 6.85. The van der Waals surface area contributed by atoms with Crippen molar-refractivity contribution in [2.24, 2.45) is 0 Å². The van der Waals surface area contributed by atoms with E-state index < -0.39 is 53.1 Å². The van der Waals surface area contributed by atoms with Gasteiger partial charge in [0.25, 0.3) is 0 Å². The largest absolute Gasteiger partial charge is 0.500 e. The van der Waals surface area contributed by atoms with Crippen LogP contribution in [0.2, 0.25) is 0 Å². The van der Waals surface area contributed by atoms with Crippen LogP contribution in [0, 0.1) is 34.2 Å². The maximum atomic E-state index is 13.4. The number of nitrogens with zero attached hydrogens (tertiary/aromatic N) is 2. The highest BCUT2D eigenvalue weighted by atomic mass is 32.2. The molecule has 10 heteroatoms. The van der Waals surface area contributed by atoms with Gasteiger partial charge in [0.1, 0.15) is 11.9 Å². The van der Waals surface area contributed by atoms with Crippen LogP contribution in [-0.2, 0) is 9.84 Å². The number of aromatic hydroxyl groups is 1. The highest BCUT2D eigenvalue weighted by Crippen LogP contribution is 2.40. The first-order valence-corrected chi connectivity index (χ1v) is 8.12. The Morgan fingerprint density at radius 1 is 1.32 bits per heavy atom. The average molecular weight is 366 g/mol. The van der Waals surface area contributed by atoms with Gasteiger partial charge in [0.2, 0.25) is 15.6 Å². The molecule has 130 valence electrons. The Labute approximate surface area is 141 Å². The van der Waals surface area contributed by atoms with Gasteiger partial charge in [0.05, 0.1) is 27.4 Å². The predicted molar refractivity (Wildman–Crippen MR) is 82.6 cm³/mol. The van der Waals surface area contributed by atoms with E-state index in [1.165, 1.54) is 6.92 Å². The summed E-state index contributed by atoms with van der Waals surface area (Å²) in [6.45, 7) is 1.29. The van der Waals surface area contributed by atoms with E-state index in [0.717, 1.165) is 25.3 Å². The van der Waals surface area contributed by atoms with Crippen LogP contribution in [-0.4, -0.2) is 25.6 Å². The maximum absolute atomic E-state index is 13.4. The number of methoxy groups -OCH3 is 1. The van der Waals surface area contributed by atoms with Crippen LogP contribution in [0.25, 0.3) is 0 Å². The number of ether oxygens (including phenoxy) is 1. The molecule has 0 aliphatic heterocycles. The maximum Gasteiger partial charge on any atom is 0.315 e. The standard InChI is InChI=1S/C15H11FN2O6S/c1-8-3-10(16)4-9(7-17)15(8)25(22,23)11-5-12(18(20)21)14(19)13(6-11)24-2/h3-6,19H,1-2H3. The highest BCUT2D eigenvalue weighted by molar-refractivity contribution is 7.91. The number of nitro groups is 1. The molecule has 0 aromatic heterocycles. The summed E-state index contributed by atoms with van der Waals surface area (Å²) < 4.78 is 43.9. The van der Waals surface area contributed by atoms with Crippen molar-refractivity contribution < 1.29 is 27.6 Å². The Balaban J connectivity index is 2.85. The van der Waals surface area contributed by atoms with Gasteiger partial charge in [-0.25, -0.2) is 12.8 Å². The summed E-state index contributed by atoms with van der Waals surface area (Å²) in [5.74, 6) is -2.05. The van der Waals surface area contributed by atoms with Crippen LogP contribution in [0.15, 0.2) is 34.1 Å². The van der Waals surface area contributed by atoms with Gasteiger partial charge in [0, 0.05) is 12.1 Å². The van der Waals surface area contributed by atoms with Gasteiger partial charge >= 0.3 is 5.69 Å². The van der Waals surface area contributed by atoms with Crippen LogP contribution in [0.5, 0.6) is 11.5 Å². The fraction of sp³-hybridized carbons (Fsp3) is 0.133. The fourth-order valence-electron chi connectivity index (χ4n) is 2.31. The molecule has 0 saturated heterocycles. The summed E-state index contributed by atoms with van der Waals surface area (Å²) in [4.78, 5) is 9.02. The Hall–Kier alpha value is -3.19. The van der Waals surface area contributed by atoms with Gasteiger partial charge in [-0.3, -0.25) is 10.1 Å². The minimum Gasteiger partial charge on any atom is -0.500 e. The first kappa shape index (κ1) is 18.2. The summed E-state index contributed by atoms with van der Waals surface area (Å²) >= 11 is 0. The van der Waals surface area contributed by atoms with E-state index in [0.29, 0.717) is 6.07 Å². The monoisotopic (exact) mass is 366 g/mol.